The van der Waals surface area contributed by atoms with E-state index in [0.717, 1.165) is 25.7 Å². The third-order valence-electron chi connectivity index (χ3n) is 7.21. The van der Waals surface area contributed by atoms with E-state index < -0.39 is 0 Å². The second kappa shape index (κ2) is 6.68. The van der Waals surface area contributed by atoms with E-state index in [4.69, 9.17) is 4.74 Å². The highest BCUT2D eigenvalue weighted by atomic mass is 16.5. The van der Waals surface area contributed by atoms with Gasteiger partial charge in [-0.25, -0.2) is 0 Å². The smallest absolute Gasteiger partial charge is 0.0507 e. The van der Waals surface area contributed by atoms with Gasteiger partial charge in [-0.2, -0.15) is 0 Å². The Morgan fingerprint density at radius 1 is 1.08 bits per heavy atom. The summed E-state index contributed by atoms with van der Waals surface area (Å²) in [6.07, 6.45) is 8.17. The number of nitrogens with zero attached hydrogens (tertiary/aromatic N) is 1. The Balaban J connectivity index is 1.28. The van der Waals surface area contributed by atoms with Crippen LogP contribution in [-0.2, 0) is 10.2 Å². The number of hydrogen-bond acceptors (Lipinski definition) is 3. The maximum Gasteiger partial charge on any atom is 0.0507 e. The van der Waals surface area contributed by atoms with Crippen LogP contribution in [0.1, 0.15) is 55.7 Å². The van der Waals surface area contributed by atoms with E-state index in [1.807, 2.05) is 0 Å². The molecule has 3 heteroatoms. The summed E-state index contributed by atoms with van der Waals surface area (Å²) in [5.74, 6) is 1.73. The molecule has 2 aliphatic carbocycles. The zero-order valence-corrected chi connectivity index (χ0v) is 15.4. The van der Waals surface area contributed by atoms with E-state index in [1.165, 1.54) is 58.2 Å². The van der Waals surface area contributed by atoms with Crippen LogP contribution < -0.4 is 5.32 Å². The van der Waals surface area contributed by atoms with Crippen LogP contribution in [0, 0.1) is 11.8 Å². The summed E-state index contributed by atoms with van der Waals surface area (Å²) >= 11 is 0. The fourth-order valence-electron chi connectivity index (χ4n) is 5.43. The minimum Gasteiger partial charge on any atom is -0.381 e. The Bertz CT molecular complexity index is 598. The molecule has 2 heterocycles. The summed E-state index contributed by atoms with van der Waals surface area (Å²) in [6, 6.07) is 9.83. The Kier molecular flexibility index (Phi) is 4.35. The zero-order valence-electron chi connectivity index (χ0n) is 15.4. The second-order valence-corrected chi connectivity index (χ2v) is 9.01. The Hall–Kier alpha value is -0.900. The number of fused-ring (bicyclic) bond motifs is 2. The van der Waals surface area contributed by atoms with Crippen molar-refractivity contribution in [1.29, 1.82) is 0 Å². The molecule has 0 aromatic heterocycles. The molecule has 4 aliphatic rings. The van der Waals surface area contributed by atoms with Gasteiger partial charge in [-0.15, -0.1) is 0 Å². The third-order valence-corrected chi connectivity index (χ3v) is 7.21. The summed E-state index contributed by atoms with van der Waals surface area (Å²) in [5.41, 5.74) is 3.67. The first-order valence-electron chi connectivity index (χ1n) is 10.5. The molecule has 136 valence electrons. The average molecular weight is 341 g/mol. The molecule has 1 aromatic rings. The van der Waals surface area contributed by atoms with Crippen LogP contribution in [0.2, 0.25) is 0 Å². The number of hydrogen-bond donors (Lipinski definition) is 1. The van der Waals surface area contributed by atoms with Gasteiger partial charge >= 0.3 is 0 Å². The first kappa shape index (κ1) is 16.3. The van der Waals surface area contributed by atoms with Crippen molar-refractivity contribution in [2.75, 3.05) is 39.4 Å². The average Bonchev–Trinajstić information content (AvgIpc) is 3.21. The van der Waals surface area contributed by atoms with Crippen LogP contribution >= 0.6 is 0 Å². The van der Waals surface area contributed by atoms with Gasteiger partial charge < -0.3 is 15.0 Å². The summed E-state index contributed by atoms with van der Waals surface area (Å²) in [5, 5.41) is 3.91. The van der Waals surface area contributed by atoms with Gasteiger partial charge in [0.1, 0.15) is 0 Å². The molecule has 1 aromatic carbocycles. The number of ether oxygens (including phenoxy) is 1. The lowest BCUT2D eigenvalue weighted by molar-refractivity contribution is 0.147. The maximum atomic E-state index is 5.55. The minimum atomic E-state index is 0.431. The van der Waals surface area contributed by atoms with E-state index >= 15 is 0 Å². The number of likely N-dealkylation sites (tertiary alicyclic amines) is 1. The predicted octanol–water partition coefficient (Wildman–Crippen LogP) is 3.50. The Morgan fingerprint density at radius 3 is 2.68 bits per heavy atom. The van der Waals surface area contributed by atoms with Gasteiger partial charge in [0, 0.05) is 25.7 Å². The molecule has 3 nitrogen and oxygen atoms in total. The van der Waals surface area contributed by atoms with E-state index in [2.05, 4.69) is 34.5 Å². The molecule has 0 amide bonds. The van der Waals surface area contributed by atoms with Crippen molar-refractivity contribution in [2.24, 2.45) is 11.8 Å². The summed E-state index contributed by atoms with van der Waals surface area (Å²) in [7, 11) is 0. The number of piperidine rings is 1. The van der Waals surface area contributed by atoms with E-state index in [1.54, 1.807) is 11.1 Å². The molecular formula is C22H32N2O. The maximum absolute atomic E-state index is 5.55. The van der Waals surface area contributed by atoms with Crippen LogP contribution in [0.5, 0.6) is 0 Å². The quantitative estimate of drug-likeness (QED) is 0.888. The highest BCUT2D eigenvalue weighted by Gasteiger charge is 2.45. The van der Waals surface area contributed by atoms with Gasteiger partial charge in [-0.1, -0.05) is 24.3 Å². The molecule has 25 heavy (non-hydrogen) atoms. The molecule has 2 saturated heterocycles. The van der Waals surface area contributed by atoms with Crippen LogP contribution in [0.3, 0.4) is 0 Å². The molecular weight excluding hydrogens is 308 g/mol. The molecule has 1 spiro atoms. The van der Waals surface area contributed by atoms with Crippen molar-refractivity contribution in [3.8, 4) is 0 Å². The van der Waals surface area contributed by atoms with Crippen molar-refractivity contribution in [1.82, 2.24) is 10.2 Å². The van der Waals surface area contributed by atoms with Gasteiger partial charge in [0.25, 0.3) is 0 Å². The lowest BCUT2D eigenvalue weighted by Gasteiger charge is -2.40. The zero-order chi connectivity index (χ0) is 16.7. The lowest BCUT2D eigenvalue weighted by Crippen LogP contribution is -2.42. The van der Waals surface area contributed by atoms with Crippen LogP contribution in [0.15, 0.2) is 24.3 Å². The van der Waals surface area contributed by atoms with Gasteiger partial charge in [0.05, 0.1) is 6.61 Å². The minimum absolute atomic E-state index is 0.431. The topological polar surface area (TPSA) is 24.5 Å². The van der Waals surface area contributed by atoms with Gasteiger partial charge in [0.15, 0.2) is 0 Å². The summed E-state index contributed by atoms with van der Waals surface area (Å²) < 4.78 is 5.55. The summed E-state index contributed by atoms with van der Waals surface area (Å²) in [6.45, 7) is 6.98. The van der Waals surface area contributed by atoms with Gasteiger partial charge in [-0.05, 0) is 80.0 Å². The first-order chi connectivity index (χ1) is 12.3. The van der Waals surface area contributed by atoms with Crippen molar-refractivity contribution in [3.63, 3.8) is 0 Å². The van der Waals surface area contributed by atoms with Gasteiger partial charge in [-0.3, -0.25) is 0 Å². The van der Waals surface area contributed by atoms with E-state index in [-0.39, 0.29) is 0 Å². The van der Waals surface area contributed by atoms with E-state index in [0.29, 0.717) is 17.4 Å². The molecule has 1 N–H and O–H groups in total. The fraction of sp³-hybridized carbons (Fsp3) is 0.727. The lowest BCUT2D eigenvalue weighted by atomic mass is 9.73. The SMILES string of the molecule is c1ccc2c(c1)[C@@H](NC[C@@H]1CCOC1)CC21CCN(CC2CC2)CC1. The van der Waals surface area contributed by atoms with Crippen LogP contribution in [0.25, 0.3) is 0 Å². The monoisotopic (exact) mass is 340 g/mol. The normalized spacial score (nSPS) is 31.5. The van der Waals surface area contributed by atoms with Crippen molar-refractivity contribution < 1.29 is 4.74 Å². The largest absolute Gasteiger partial charge is 0.381 e. The third kappa shape index (κ3) is 3.27. The highest BCUT2D eigenvalue weighted by Crippen LogP contribution is 2.51. The van der Waals surface area contributed by atoms with Crippen LogP contribution in [-0.4, -0.2) is 44.3 Å². The highest BCUT2D eigenvalue weighted by molar-refractivity contribution is 5.42. The number of nitrogens with one attached hydrogen (secondary N) is 1. The molecule has 0 bridgehead atoms. The molecule has 5 rings (SSSR count). The molecule has 1 saturated carbocycles. The van der Waals surface area contributed by atoms with E-state index in [9.17, 15) is 0 Å². The van der Waals surface area contributed by atoms with Crippen molar-refractivity contribution >= 4 is 0 Å². The van der Waals surface area contributed by atoms with Crippen molar-refractivity contribution in [2.45, 2.75) is 50.0 Å². The second-order valence-electron chi connectivity index (χ2n) is 9.01. The number of rotatable bonds is 5. The standard InChI is InChI=1S/C22H32N2O/c1-2-4-20-19(3-1)21(23-14-18-7-12-25-16-18)13-22(20)8-10-24(11-9-22)15-17-5-6-17/h1-4,17-18,21,23H,5-16H2/t18-,21-/m0/s1. The molecule has 2 atom stereocenters. The Morgan fingerprint density at radius 2 is 1.92 bits per heavy atom. The van der Waals surface area contributed by atoms with Gasteiger partial charge in [0.2, 0.25) is 0 Å². The predicted molar refractivity (Wildman–Crippen MR) is 101 cm³/mol. The van der Waals surface area contributed by atoms with Crippen LogP contribution in [0.4, 0.5) is 0 Å². The molecule has 2 aliphatic heterocycles. The molecule has 0 radical (unpaired) electrons. The molecule has 0 unspecified atom stereocenters. The first-order valence-corrected chi connectivity index (χ1v) is 10.5. The summed E-state index contributed by atoms with van der Waals surface area (Å²) in [4.78, 5) is 2.74. The molecule has 3 fully saturated rings. The fourth-order valence-corrected chi connectivity index (χ4v) is 5.43. The number of benzene rings is 1. The Labute approximate surface area is 152 Å². The van der Waals surface area contributed by atoms with Crippen molar-refractivity contribution in [3.05, 3.63) is 35.4 Å².